The fourth-order valence-corrected chi connectivity index (χ4v) is 0. The number of phosphoric acid groups is 1. The van der Waals surface area contributed by atoms with Gasteiger partial charge in [0.25, 0.3) is 0 Å². The predicted molar refractivity (Wildman–Crippen MR) is 53.3 cm³/mol. The molecule has 4 nitrogen and oxygen atoms in total. The minimum atomic E-state index is -4.64. The number of halogens is 3. The molecular weight excluding hydrogens is 287 g/mol. The molecular formula is H6CaCl3Na2O4P. The number of rotatable bonds is 0. The van der Waals surface area contributed by atoms with Crippen molar-refractivity contribution in [3.05, 3.63) is 0 Å². The average Bonchev–Trinajstić information content (AvgIpc) is 1.27. The molecule has 0 amide bonds. The Bertz CT molecular complexity index is 79.1. The van der Waals surface area contributed by atoms with Crippen LogP contribution in [0, 0.1) is 0 Å². The summed E-state index contributed by atoms with van der Waals surface area (Å²) >= 11 is -0.931. The molecule has 11 heavy (non-hydrogen) atoms. The van der Waals surface area contributed by atoms with E-state index in [9.17, 15) is 0 Å². The second kappa shape index (κ2) is 19.8. The molecule has 0 unspecified atom stereocenters. The van der Waals surface area contributed by atoms with Gasteiger partial charge in [-0.05, 0) is 0 Å². The van der Waals surface area contributed by atoms with E-state index in [1.54, 1.807) is 0 Å². The van der Waals surface area contributed by atoms with E-state index in [2.05, 4.69) is 0 Å². The van der Waals surface area contributed by atoms with Crippen LogP contribution in [0.15, 0.2) is 0 Å². The van der Waals surface area contributed by atoms with Crippen molar-refractivity contribution in [1.29, 1.82) is 0 Å². The fourth-order valence-electron chi connectivity index (χ4n) is 0. The second-order valence-electron chi connectivity index (χ2n) is 0.614. The van der Waals surface area contributed by atoms with Gasteiger partial charge in [0.2, 0.25) is 0 Å². The zero-order valence-corrected chi connectivity index (χ0v) is 9.50. The molecule has 0 radical (unpaired) electrons. The molecule has 0 aromatic carbocycles. The van der Waals surface area contributed by atoms with Crippen molar-refractivity contribution < 1.29 is 19.2 Å². The molecule has 0 aromatic heterocycles. The van der Waals surface area contributed by atoms with Crippen LogP contribution in [-0.4, -0.2) is 105 Å². The van der Waals surface area contributed by atoms with E-state index < -0.39 is 38.7 Å². The molecule has 0 saturated heterocycles. The van der Waals surface area contributed by atoms with Gasteiger partial charge < -0.3 is 14.7 Å². The minimum absolute atomic E-state index is 0. The van der Waals surface area contributed by atoms with Gasteiger partial charge in [0.05, 0.1) is 0 Å². The van der Waals surface area contributed by atoms with Crippen molar-refractivity contribution >= 4 is 123 Å². The van der Waals surface area contributed by atoms with Gasteiger partial charge in [-0.15, -0.1) is 12.4 Å². The van der Waals surface area contributed by atoms with Crippen molar-refractivity contribution in [2.45, 2.75) is 0 Å². The molecule has 0 aliphatic heterocycles. The maximum absolute atomic E-state index is 8.88. The van der Waals surface area contributed by atoms with Crippen LogP contribution in [-0.2, 0) is 4.57 Å². The normalized spacial score (nSPS) is 6.27. The summed E-state index contributed by atoms with van der Waals surface area (Å²) < 4.78 is 8.88. The summed E-state index contributed by atoms with van der Waals surface area (Å²) in [5.74, 6) is 0. The molecule has 0 spiro atoms. The van der Waals surface area contributed by atoms with E-state index in [1.807, 2.05) is 0 Å². The van der Waals surface area contributed by atoms with Crippen LogP contribution in [0.25, 0.3) is 0 Å². The van der Waals surface area contributed by atoms with Crippen molar-refractivity contribution in [2.75, 3.05) is 0 Å². The van der Waals surface area contributed by atoms with Crippen LogP contribution in [0.5, 0.6) is 0 Å². The van der Waals surface area contributed by atoms with Gasteiger partial charge in [0.15, 0.2) is 0 Å². The first-order valence-electron chi connectivity index (χ1n) is 1.32. The first-order chi connectivity index (χ1) is 3.41. The summed E-state index contributed by atoms with van der Waals surface area (Å²) in [5.41, 5.74) is 0. The summed E-state index contributed by atoms with van der Waals surface area (Å²) in [6, 6.07) is 0. The summed E-state index contributed by atoms with van der Waals surface area (Å²) in [5, 5.41) is 0. The van der Waals surface area contributed by atoms with Gasteiger partial charge in [0, 0.05) is 0 Å². The predicted octanol–water partition coefficient (Wildman–Crippen LogP) is -0.806. The average molecular weight is 293 g/mol. The van der Waals surface area contributed by atoms with Gasteiger partial charge in [0.1, 0.15) is 0 Å². The molecule has 0 aliphatic rings. The van der Waals surface area contributed by atoms with Crippen LogP contribution in [0.1, 0.15) is 0 Å². The molecule has 0 aromatic rings. The van der Waals surface area contributed by atoms with Gasteiger partial charge >= 0.3 is 111 Å². The SMILES string of the molecule is Cl.O=P(O)(O)O.[Cl][Ca][Cl].[NaH].[NaH]. The third-order valence-corrected chi connectivity index (χ3v) is 0. The van der Waals surface area contributed by atoms with E-state index in [-0.39, 0.29) is 71.5 Å². The van der Waals surface area contributed by atoms with Crippen molar-refractivity contribution in [3.8, 4) is 0 Å². The van der Waals surface area contributed by atoms with Gasteiger partial charge in [-0.3, -0.25) is 0 Å². The number of hydrogen-bond acceptors (Lipinski definition) is 1. The van der Waals surface area contributed by atoms with Crippen LogP contribution < -0.4 is 0 Å². The fraction of sp³-hybridized carbons (Fsp3) is 0. The van der Waals surface area contributed by atoms with Gasteiger partial charge in [-0.2, -0.15) is 0 Å². The first kappa shape index (κ1) is 29.5. The zero-order chi connectivity index (χ0) is 7.21. The number of hydrogen-bond donors (Lipinski definition) is 3. The molecule has 0 aliphatic carbocycles. The molecule has 11 heteroatoms. The topological polar surface area (TPSA) is 77.8 Å². The summed E-state index contributed by atoms with van der Waals surface area (Å²) in [6.45, 7) is 0. The summed E-state index contributed by atoms with van der Waals surface area (Å²) in [4.78, 5) is 21.6. The van der Waals surface area contributed by atoms with Crippen LogP contribution in [0.3, 0.4) is 0 Å². The Morgan fingerprint density at radius 3 is 1.09 bits per heavy atom. The Morgan fingerprint density at radius 2 is 1.09 bits per heavy atom. The quantitative estimate of drug-likeness (QED) is 0.403. The van der Waals surface area contributed by atoms with Crippen molar-refractivity contribution in [1.82, 2.24) is 0 Å². The molecule has 0 bridgehead atoms. The van der Waals surface area contributed by atoms with E-state index >= 15 is 0 Å². The third-order valence-electron chi connectivity index (χ3n) is 0. The standard InChI is InChI=1S/Ca.3ClH.2Na.H3O4P.2H/c;;;;;;1-5(2,3)4;;/h;3*1H;;;(H3,1,2,3,4);;/q+2;;;;;;;;/p-2. The van der Waals surface area contributed by atoms with Crippen LogP contribution in [0.4, 0.5) is 0 Å². The molecule has 0 saturated carbocycles. The van der Waals surface area contributed by atoms with Crippen molar-refractivity contribution in [2.24, 2.45) is 0 Å². The Kier molecular flexibility index (Phi) is 52.9. The Labute approximate surface area is 139 Å². The van der Waals surface area contributed by atoms with E-state index in [1.165, 1.54) is 0 Å². The molecule has 0 heterocycles. The Balaban J connectivity index is -0.0000000183. The molecule has 0 fully saturated rings. The molecule has 0 rings (SSSR count). The molecule has 60 valence electrons. The Hall–Kier alpha value is 4.24. The summed E-state index contributed by atoms with van der Waals surface area (Å²) in [6.07, 6.45) is 9.90. The van der Waals surface area contributed by atoms with Crippen molar-refractivity contribution in [3.63, 3.8) is 0 Å². The Morgan fingerprint density at radius 1 is 1.09 bits per heavy atom. The van der Waals surface area contributed by atoms with Gasteiger partial charge in [-0.25, -0.2) is 4.57 Å². The van der Waals surface area contributed by atoms with Gasteiger partial charge in [-0.1, -0.05) is 0 Å². The monoisotopic (exact) mass is 292 g/mol. The van der Waals surface area contributed by atoms with E-state index in [4.69, 9.17) is 32.0 Å². The second-order valence-corrected chi connectivity index (χ2v) is 5.29. The van der Waals surface area contributed by atoms with Crippen LogP contribution >= 0.6 is 33.0 Å². The molecule has 0 atom stereocenters. The third kappa shape index (κ3) is 119. The zero-order valence-electron chi connectivity index (χ0n) is 4.07. The summed E-state index contributed by atoms with van der Waals surface area (Å²) in [7, 11) is -4.64. The molecule has 3 N–H and O–H groups in total. The van der Waals surface area contributed by atoms with E-state index in [0.717, 1.165) is 0 Å². The maximum atomic E-state index is 8.88. The first-order valence-corrected chi connectivity index (χ1v) is 8.96. The van der Waals surface area contributed by atoms with Crippen LogP contribution in [0.2, 0.25) is 0 Å². The van der Waals surface area contributed by atoms with E-state index in [0.29, 0.717) is 0 Å².